The van der Waals surface area contributed by atoms with E-state index >= 15 is 0 Å². The van der Waals surface area contributed by atoms with Crippen LogP contribution >= 0.6 is 0 Å². The Morgan fingerprint density at radius 1 is 1.11 bits per heavy atom. The van der Waals surface area contributed by atoms with Crippen molar-refractivity contribution in [3.05, 3.63) is 84.5 Å². The van der Waals surface area contributed by atoms with E-state index in [-0.39, 0.29) is 11.8 Å². The number of aryl methyl sites for hydroxylation is 1. The largest absolute Gasteiger partial charge is 0.366 e. The van der Waals surface area contributed by atoms with Gasteiger partial charge in [-0.05, 0) is 42.8 Å². The molecule has 1 aliphatic carbocycles. The van der Waals surface area contributed by atoms with Gasteiger partial charge in [0.15, 0.2) is 0 Å². The van der Waals surface area contributed by atoms with Crippen LogP contribution in [0.1, 0.15) is 23.2 Å². The molecule has 1 aliphatic heterocycles. The van der Waals surface area contributed by atoms with Crippen molar-refractivity contribution < 1.29 is 9.59 Å². The lowest BCUT2D eigenvalue weighted by atomic mass is 9.95. The highest BCUT2D eigenvalue weighted by Gasteiger charge is 2.30. The van der Waals surface area contributed by atoms with Crippen molar-refractivity contribution in [2.75, 3.05) is 0 Å². The van der Waals surface area contributed by atoms with Crippen LogP contribution in [0.25, 0.3) is 50.4 Å². The van der Waals surface area contributed by atoms with Gasteiger partial charge in [0.25, 0.3) is 0 Å². The van der Waals surface area contributed by atoms with Crippen LogP contribution in [0.5, 0.6) is 0 Å². The Morgan fingerprint density at radius 2 is 1.97 bits per heavy atom. The fraction of sp³-hybridized carbons (Fsp3) is 0.138. The van der Waals surface area contributed by atoms with Gasteiger partial charge in [-0.3, -0.25) is 14.2 Å². The second-order valence-corrected chi connectivity index (χ2v) is 9.71. The van der Waals surface area contributed by atoms with Crippen molar-refractivity contribution in [3.63, 3.8) is 0 Å². The number of amides is 2. The molecule has 1 fully saturated rings. The molecular weight excluding hydrogens is 478 g/mol. The number of pyridine rings is 1. The Hall–Kier alpha value is -5.05. The lowest BCUT2D eigenvalue weighted by Gasteiger charge is -2.19. The average molecular weight is 502 g/mol. The van der Waals surface area contributed by atoms with Crippen molar-refractivity contribution in [2.45, 2.75) is 12.8 Å². The maximum atomic E-state index is 12.1. The number of allylic oxidation sites excluding steroid dienone is 4. The molecule has 9 heteroatoms. The molecule has 0 bridgehead atoms. The maximum absolute atomic E-state index is 12.1. The zero-order valence-corrected chi connectivity index (χ0v) is 20.5. The number of imidazole rings is 2. The van der Waals surface area contributed by atoms with Gasteiger partial charge in [-0.15, -0.1) is 0 Å². The van der Waals surface area contributed by atoms with Crippen LogP contribution in [0.3, 0.4) is 0 Å². The first kappa shape index (κ1) is 22.2. The minimum atomic E-state index is -0.508. The molecule has 186 valence electrons. The molecule has 3 aromatic heterocycles. The molecule has 4 heterocycles. The van der Waals surface area contributed by atoms with Crippen molar-refractivity contribution in [3.8, 4) is 22.8 Å². The van der Waals surface area contributed by atoms with E-state index in [1.54, 1.807) is 24.7 Å². The van der Waals surface area contributed by atoms with Gasteiger partial charge in [0.05, 0.1) is 40.5 Å². The molecule has 2 aromatic carbocycles. The van der Waals surface area contributed by atoms with Gasteiger partial charge in [0.2, 0.25) is 11.8 Å². The van der Waals surface area contributed by atoms with Crippen LogP contribution in [0, 0.1) is 5.92 Å². The lowest BCUT2D eigenvalue weighted by molar-refractivity contribution is -0.119. The van der Waals surface area contributed by atoms with Gasteiger partial charge >= 0.3 is 0 Å². The van der Waals surface area contributed by atoms with E-state index < -0.39 is 5.91 Å². The standard InChI is InChI=1S/C29H23N7O2/c1-35-15-31-14-26(35)24-13-20(19-4-2-3-5-21(19)32-24)29-34-23-10-17(28(30)38)7-9-25(23)36(29)18-8-6-16-11-27(37)33-22(16)12-18/h2-5,7-10,12-16H,6,11H2,1H3,(H2,30,38)(H,33,37). The Bertz CT molecular complexity index is 1870. The quantitative estimate of drug-likeness (QED) is 0.385. The van der Waals surface area contributed by atoms with Gasteiger partial charge in [-0.25, -0.2) is 15.0 Å². The van der Waals surface area contributed by atoms with E-state index in [4.69, 9.17) is 15.7 Å². The van der Waals surface area contributed by atoms with Crippen LogP contribution in [-0.2, 0) is 11.8 Å². The SMILES string of the molecule is Cn1cncc1-c1cc(-c2nc3cc(C(N)=O)ccc3n2C2=CCC3CC(=O)NC3=C2)c2ccccc2n1. The van der Waals surface area contributed by atoms with Crippen LogP contribution in [0.2, 0.25) is 0 Å². The number of nitrogens with two attached hydrogens (primary N) is 1. The molecule has 3 N–H and O–H groups in total. The van der Waals surface area contributed by atoms with Crippen molar-refractivity contribution >= 4 is 39.4 Å². The molecule has 7 rings (SSSR count). The summed E-state index contributed by atoms with van der Waals surface area (Å²) in [5, 5.41) is 3.95. The molecule has 0 spiro atoms. The average Bonchev–Trinajstić information content (AvgIpc) is 3.62. The minimum absolute atomic E-state index is 0.0404. The highest BCUT2D eigenvalue weighted by atomic mass is 16.2. The molecule has 1 atom stereocenters. The summed E-state index contributed by atoms with van der Waals surface area (Å²) in [5.41, 5.74) is 12.7. The fourth-order valence-corrected chi connectivity index (χ4v) is 5.42. The van der Waals surface area contributed by atoms with Gasteiger partial charge in [-0.1, -0.05) is 24.3 Å². The molecule has 9 nitrogen and oxygen atoms in total. The summed E-state index contributed by atoms with van der Waals surface area (Å²) < 4.78 is 4.02. The number of hydrogen-bond donors (Lipinski definition) is 2. The van der Waals surface area contributed by atoms with E-state index in [2.05, 4.69) is 20.9 Å². The molecule has 1 unspecified atom stereocenters. The number of carbonyl (C=O) groups excluding carboxylic acids is 2. The molecular formula is C29H23N7O2. The van der Waals surface area contributed by atoms with Crippen molar-refractivity contribution in [1.29, 1.82) is 0 Å². The highest BCUT2D eigenvalue weighted by molar-refractivity contribution is 6.01. The lowest BCUT2D eigenvalue weighted by Crippen LogP contribution is -2.15. The number of carbonyl (C=O) groups is 2. The maximum Gasteiger partial charge on any atom is 0.248 e. The van der Waals surface area contributed by atoms with Crippen LogP contribution in [0.15, 0.2) is 78.9 Å². The molecule has 1 saturated heterocycles. The molecule has 5 aromatic rings. The zero-order chi connectivity index (χ0) is 26.0. The van der Waals surface area contributed by atoms with Crippen molar-refractivity contribution in [1.82, 2.24) is 29.4 Å². The van der Waals surface area contributed by atoms with E-state index in [9.17, 15) is 9.59 Å². The molecule has 0 saturated carbocycles. The summed E-state index contributed by atoms with van der Waals surface area (Å²) in [7, 11) is 1.94. The third-order valence-corrected chi connectivity index (χ3v) is 7.30. The Morgan fingerprint density at radius 3 is 2.79 bits per heavy atom. The molecule has 2 amide bonds. The summed E-state index contributed by atoms with van der Waals surface area (Å²) in [6.07, 6.45) is 8.95. The topological polar surface area (TPSA) is 121 Å². The number of fused-ring (bicyclic) bond motifs is 3. The molecule has 0 radical (unpaired) electrons. The van der Waals surface area contributed by atoms with Gasteiger partial charge in [0, 0.05) is 47.3 Å². The smallest absolute Gasteiger partial charge is 0.248 e. The third kappa shape index (κ3) is 3.43. The normalized spacial score (nSPS) is 16.9. The summed E-state index contributed by atoms with van der Waals surface area (Å²) in [6.45, 7) is 0. The first-order chi connectivity index (χ1) is 18.5. The van der Waals surface area contributed by atoms with Crippen LogP contribution < -0.4 is 11.1 Å². The van der Waals surface area contributed by atoms with Crippen LogP contribution in [-0.4, -0.2) is 35.9 Å². The van der Waals surface area contributed by atoms with Crippen LogP contribution in [0.4, 0.5) is 0 Å². The number of nitrogens with one attached hydrogen (secondary N) is 1. The number of benzene rings is 2. The van der Waals surface area contributed by atoms with Gasteiger partial charge < -0.3 is 15.6 Å². The number of rotatable bonds is 4. The third-order valence-electron chi connectivity index (χ3n) is 7.30. The Labute approximate surface area is 217 Å². The Balaban J connectivity index is 1.53. The predicted octanol–water partition coefficient (Wildman–Crippen LogP) is 4.02. The number of para-hydroxylation sites is 1. The zero-order valence-electron chi connectivity index (χ0n) is 20.5. The van der Waals surface area contributed by atoms with Gasteiger partial charge in [0.1, 0.15) is 5.82 Å². The highest BCUT2D eigenvalue weighted by Crippen LogP contribution is 2.38. The van der Waals surface area contributed by atoms with E-state index in [1.807, 2.05) is 54.1 Å². The summed E-state index contributed by atoms with van der Waals surface area (Å²) >= 11 is 0. The molecule has 38 heavy (non-hydrogen) atoms. The summed E-state index contributed by atoms with van der Waals surface area (Å²) in [4.78, 5) is 38.3. The first-order valence-electron chi connectivity index (χ1n) is 12.4. The van der Waals surface area contributed by atoms with Gasteiger partial charge in [-0.2, -0.15) is 0 Å². The monoisotopic (exact) mass is 501 g/mol. The second-order valence-electron chi connectivity index (χ2n) is 9.71. The minimum Gasteiger partial charge on any atom is -0.366 e. The number of aromatic nitrogens is 5. The predicted molar refractivity (Wildman–Crippen MR) is 144 cm³/mol. The second kappa shape index (κ2) is 8.24. The Kier molecular flexibility index (Phi) is 4.81. The number of hydrogen-bond acceptors (Lipinski definition) is 5. The van der Waals surface area contributed by atoms with E-state index in [1.165, 1.54) is 0 Å². The van der Waals surface area contributed by atoms with E-state index in [0.29, 0.717) is 23.3 Å². The summed E-state index contributed by atoms with van der Waals surface area (Å²) in [6, 6.07) is 15.3. The first-order valence-corrected chi connectivity index (χ1v) is 12.4. The number of primary amides is 1. The number of nitrogens with zero attached hydrogens (tertiary/aromatic N) is 5. The van der Waals surface area contributed by atoms with Crippen molar-refractivity contribution in [2.24, 2.45) is 18.7 Å². The molecule has 2 aliphatic rings. The van der Waals surface area contributed by atoms with E-state index in [0.717, 1.165) is 51.2 Å². The fourth-order valence-electron chi connectivity index (χ4n) is 5.42. The summed E-state index contributed by atoms with van der Waals surface area (Å²) in [5.74, 6) is 0.406.